The summed E-state index contributed by atoms with van der Waals surface area (Å²) >= 11 is 0. The molecule has 10 heteroatoms. The fourth-order valence-electron chi connectivity index (χ4n) is 3.36. The highest BCUT2D eigenvalue weighted by molar-refractivity contribution is 5.75. The van der Waals surface area contributed by atoms with E-state index in [0.29, 0.717) is 30.6 Å². The van der Waals surface area contributed by atoms with Gasteiger partial charge in [-0.15, -0.1) is 0 Å². The number of nitrogen functional groups attached to an aromatic ring is 1. The molecule has 2 rings (SSSR count). The zero-order valence-electron chi connectivity index (χ0n) is 20.0. The number of ether oxygens (including phenoxy) is 2. The molecule has 2 heterocycles. The molecule has 0 spiro atoms. The van der Waals surface area contributed by atoms with E-state index in [1.54, 1.807) is 12.5 Å². The minimum absolute atomic E-state index is 0.00552. The van der Waals surface area contributed by atoms with Crippen LogP contribution in [0.4, 0.5) is 5.95 Å². The van der Waals surface area contributed by atoms with Crippen LogP contribution in [0, 0.1) is 11.8 Å². The number of rotatable bonds is 15. The molecule has 0 saturated carbocycles. The van der Waals surface area contributed by atoms with Gasteiger partial charge in [-0.1, -0.05) is 46.5 Å². The number of esters is 2. The van der Waals surface area contributed by atoms with Crippen molar-refractivity contribution < 1.29 is 19.1 Å². The Bertz CT molecular complexity index is 885. The predicted octanol–water partition coefficient (Wildman–Crippen LogP) is 2.84. The first-order valence-electron chi connectivity index (χ1n) is 11.8. The molecule has 1 unspecified atom stereocenters. The maximum absolute atomic E-state index is 12.2. The fraction of sp³-hybridized carbons (Fsp3) is 0.696. The first-order valence-corrected chi connectivity index (χ1v) is 11.8. The molecular weight excluding hydrogens is 424 g/mol. The van der Waals surface area contributed by atoms with Crippen molar-refractivity contribution in [3.8, 4) is 0 Å². The topological polar surface area (TPSA) is 148 Å². The number of unbranched alkanes of at least 4 members (excludes halogenated alkanes) is 4. The molecule has 0 amide bonds. The number of anilines is 1. The molecule has 184 valence electrons. The van der Waals surface area contributed by atoms with Gasteiger partial charge < -0.3 is 25.5 Å². The molecule has 0 saturated heterocycles. The van der Waals surface area contributed by atoms with Gasteiger partial charge in [0.05, 0.1) is 25.7 Å². The molecule has 0 aliphatic carbocycles. The Hall–Kier alpha value is -2.75. The van der Waals surface area contributed by atoms with Gasteiger partial charge in [-0.05, 0) is 18.8 Å². The highest BCUT2D eigenvalue weighted by atomic mass is 16.5. The third-order valence-electron chi connectivity index (χ3n) is 5.56. The standard InChI is InChI=1S/C23H38N6O4/c1-4-5-6-7-8-9-19(30)33-14-17(10-11-32-22(31)20(24)16(2)3)13-29-15-27-18-12-26-23(25)28-21(18)29/h12,15-17,20H,4-11,13-14,24H2,1-3H3,(H2,25,26,28)/t17?,20-/m0/s1. The minimum atomic E-state index is -0.661. The minimum Gasteiger partial charge on any atom is -0.465 e. The Labute approximate surface area is 195 Å². The predicted molar refractivity (Wildman–Crippen MR) is 126 cm³/mol. The van der Waals surface area contributed by atoms with Crippen LogP contribution in [-0.2, 0) is 25.6 Å². The van der Waals surface area contributed by atoms with E-state index < -0.39 is 12.0 Å². The Balaban J connectivity index is 1.94. The van der Waals surface area contributed by atoms with Gasteiger partial charge in [0.1, 0.15) is 11.6 Å². The number of carbonyl (C=O) groups is 2. The van der Waals surface area contributed by atoms with Crippen molar-refractivity contribution in [3.05, 3.63) is 12.5 Å². The van der Waals surface area contributed by atoms with Gasteiger partial charge in [-0.3, -0.25) is 9.59 Å². The second kappa shape index (κ2) is 13.7. The zero-order chi connectivity index (χ0) is 24.2. The summed E-state index contributed by atoms with van der Waals surface area (Å²) in [6, 6.07) is -0.661. The van der Waals surface area contributed by atoms with Gasteiger partial charge in [0.15, 0.2) is 5.65 Å². The Morgan fingerprint density at radius 1 is 1.12 bits per heavy atom. The normalized spacial score (nSPS) is 13.2. The molecule has 33 heavy (non-hydrogen) atoms. The van der Waals surface area contributed by atoms with E-state index in [0.717, 1.165) is 25.7 Å². The second-order valence-electron chi connectivity index (χ2n) is 8.77. The molecular formula is C23H38N6O4. The Kier molecular flexibility index (Phi) is 11.0. The fourth-order valence-corrected chi connectivity index (χ4v) is 3.36. The van der Waals surface area contributed by atoms with Crippen molar-refractivity contribution in [2.75, 3.05) is 18.9 Å². The lowest BCUT2D eigenvalue weighted by atomic mass is 10.1. The summed E-state index contributed by atoms with van der Waals surface area (Å²) in [7, 11) is 0. The molecule has 2 atom stereocenters. The van der Waals surface area contributed by atoms with E-state index in [2.05, 4.69) is 21.9 Å². The first kappa shape index (κ1) is 26.5. The van der Waals surface area contributed by atoms with E-state index in [4.69, 9.17) is 20.9 Å². The van der Waals surface area contributed by atoms with Gasteiger partial charge in [0, 0.05) is 18.9 Å². The quantitative estimate of drug-likeness (QED) is 0.301. The largest absolute Gasteiger partial charge is 0.465 e. The number of carbonyl (C=O) groups excluding carboxylic acids is 2. The van der Waals surface area contributed by atoms with E-state index in [1.165, 1.54) is 6.42 Å². The van der Waals surface area contributed by atoms with Crippen molar-refractivity contribution in [3.63, 3.8) is 0 Å². The molecule has 2 aromatic heterocycles. The van der Waals surface area contributed by atoms with Crippen LogP contribution in [0.25, 0.3) is 11.2 Å². The molecule has 0 radical (unpaired) electrons. The highest BCUT2D eigenvalue weighted by Gasteiger charge is 2.20. The number of hydrogen-bond acceptors (Lipinski definition) is 9. The van der Waals surface area contributed by atoms with E-state index in [-0.39, 0.29) is 37.0 Å². The van der Waals surface area contributed by atoms with Crippen molar-refractivity contribution in [1.29, 1.82) is 0 Å². The van der Waals surface area contributed by atoms with Crippen LogP contribution in [0.1, 0.15) is 65.7 Å². The number of nitrogens with zero attached hydrogens (tertiary/aromatic N) is 4. The lowest BCUT2D eigenvalue weighted by Gasteiger charge is -2.19. The number of fused-ring (bicyclic) bond motifs is 1. The molecule has 0 fully saturated rings. The Morgan fingerprint density at radius 3 is 2.61 bits per heavy atom. The van der Waals surface area contributed by atoms with E-state index in [1.807, 2.05) is 18.4 Å². The molecule has 0 aromatic carbocycles. The molecule has 4 N–H and O–H groups in total. The maximum Gasteiger partial charge on any atom is 0.323 e. The van der Waals surface area contributed by atoms with E-state index in [9.17, 15) is 9.59 Å². The summed E-state index contributed by atoms with van der Waals surface area (Å²) < 4.78 is 12.7. The van der Waals surface area contributed by atoms with Crippen LogP contribution >= 0.6 is 0 Å². The van der Waals surface area contributed by atoms with Crippen LogP contribution in [0.5, 0.6) is 0 Å². The molecule has 2 aromatic rings. The van der Waals surface area contributed by atoms with Crippen LogP contribution in [-0.4, -0.2) is 50.7 Å². The number of hydrogen-bond donors (Lipinski definition) is 2. The van der Waals surface area contributed by atoms with Crippen LogP contribution in [0.15, 0.2) is 12.5 Å². The summed E-state index contributed by atoms with van der Waals surface area (Å²) in [4.78, 5) is 36.8. The molecule has 0 bridgehead atoms. The summed E-state index contributed by atoms with van der Waals surface area (Å²) in [6.45, 7) is 6.77. The maximum atomic E-state index is 12.2. The molecule has 10 nitrogen and oxygen atoms in total. The molecule has 0 aliphatic heterocycles. The zero-order valence-corrected chi connectivity index (χ0v) is 20.0. The summed E-state index contributed by atoms with van der Waals surface area (Å²) in [5.74, 6) is -0.592. The highest BCUT2D eigenvalue weighted by Crippen LogP contribution is 2.16. The number of aromatic nitrogens is 4. The summed E-state index contributed by atoms with van der Waals surface area (Å²) in [6.07, 6.45) is 9.47. The van der Waals surface area contributed by atoms with Crippen molar-refractivity contribution in [2.24, 2.45) is 17.6 Å². The first-order chi connectivity index (χ1) is 15.8. The van der Waals surface area contributed by atoms with Crippen LogP contribution < -0.4 is 11.5 Å². The van der Waals surface area contributed by atoms with Gasteiger partial charge in [0.2, 0.25) is 5.95 Å². The van der Waals surface area contributed by atoms with Gasteiger partial charge in [-0.25, -0.2) is 9.97 Å². The van der Waals surface area contributed by atoms with E-state index >= 15 is 0 Å². The average molecular weight is 463 g/mol. The third kappa shape index (κ3) is 8.95. The van der Waals surface area contributed by atoms with Crippen LogP contribution in [0.3, 0.4) is 0 Å². The summed E-state index contributed by atoms with van der Waals surface area (Å²) in [5, 5.41) is 0. The smallest absolute Gasteiger partial charge is 0.323 e. The average Bonchev–Trinajstić information content (AvgIpc) is 3.18. The van der Waals surface area contributed by atoms with Crippen molar-refractivity contribution in [2.45, 2.75) is 78.3 Å². The Morgan fingerprint density at radius 2 is 1.88 bits per heavy atom. The molecule has 0 aliphatic rings. The third-order valence-corrected chi connectivity index (χ3v) is 5.56. The lowest BCUT2D eigenvalue weighted by Crippen LogP contribution is -2.37. The monoisotopic (exact) mass is 462 g/mol. The van der Waals surface area contributed by atoms with Crippen molar-refractivity contribution in [1.82, 2.24) is 19.5 Å². The van der Waals surface area contributed by atoms with Gasteiger partial charge in [0.25, 0.3) is 0 Å². The number of nitrogens with two attached hydrogens (primary N) is 2. The second-order valence-corrected chi connectivity index (χ2v) is 8.77. The number of imidazole rings is 1. The van der Waals surface area contributed by atoms with Crippen LogP contribution in [0.2, 0.25) is 0 Å². The SMILES string of the molecule is CCCCCCCC(=O)OCC(CCOC(=O)[C@@H](N)C(C)C)Cn1cnc2cnc(N)nc21. The summed E-state index contributed by atoms with van der Waals surface area (Å²) in [5.41, 5.74) is 12.8. The van der Waals surface area contributed by atoms with Crippen molar-refractivity contribution >= 4 is 29.1 Å². The lowest BCUT2D eigenvalue weighted by molar-refractivity contribution is -0.149. The van der Waals surface area contributed by atoms with Gasteiger partial charge in [-0.2, -0.15) is 4.98 Å². The van der Waals surface area contributed by atoms with Gasteiger partial charge >= 0.3 is 11.9 Å².